The Bertz CT molecular complexity index is 771. The molecule has 33 heavy (non-hydrogen) atoms. The van der Waals surface area contributed by atoms with Gasteiger partial charge in [0.2, 0.25) is 5.89 Å². The van der Waals surface area contributed by atoms with Gasteiger partial charge in [0.05, 0.1) is 30.2 Å². The van der Waals surface area contributed by atoms with Crippen molar-refractivity contribution in [2.24, 2.45) is 0 Å². The topological polar surface area (TPSA) is 80.0 Å². The molecule has 1 rings (SSSR count). The first-order valence-corrected chi connectivity index (χ1v) is 15.5. The van der Waals surface area contributed by atoms with Crippen LogP contribution >= 0.6 is 22.6 Å². The molecular weight excluding hydrogens is 553 g/mol. The highest BCUT2D eigenvalue weighted by Gasteiger charge is 2.40. The Morgan fingerprint density at radius 2 is 1.91 bits per heavy atom. The molecule has 0 unspecified atom stereocenters. The maximum Gasteiger partial charge on any atom is 0.308 e. The fourth-order valence-corrected chi connectivity index (χ4v) is 4.61. The summed E-state index contributed by atoms with van der Waals surface area (Å²) in [6.45, 7) is 10.9. The largest absolute Gasteiger partial charge is 0.469 e. The molecule has 0 N–H and O–H groups in total. The summed E-state index contributed by atoms with van der Waals surface area (Å²) in [6, 6.07) is 0. The average molecular weight is 594 g/mol. The number of alkyl halides is 1. The number of nitrogens with zero attached hydrogens (tertiary/aromatic N) is 1. The van der Waals surface area contributed by atoms with Gasteiger partial charge in [0.25, 0.3) is 0 Å². The van der Waals surface area contributed by atoms with Crippen molar-refractivity contribution >= 4 is 36.9 Å². The predicted octanol–water partition coefficient (Wildman–Crippen LogP) is 6.16. The Morgan fingerprint density at radius 3 is 2.42 bits per heavy atom. The number of esters is 1. The number of hydrogen-bond acceptors (Lipinski definition) is 7. The van der Waals surface area contributed by atoms with Crippen molar-refractivity contribution in [1.82, 2.24) is 4.98 Å². The number of allylic oxidation sites excluding steroid dienone is 2. The van der Waals surface area contributed by atoms with Crippen LogP contribution in [0.15, 0.2) is 35.0 Å². The molecular formula is C24H40INO6Si. The maximum absolute atomic E-state index is 12.0. The van der Waals surface area contributed by atoms with E-state index in [0.29, 0.717) is 18.7 Å². The van der Waals surface area contributed by atoms with Crippen LogP contribution in [0, 0.1) is 0 Å². The molecule has 7 nitrogen and oxygen atoms in total. The van der Waals surface area contributed by atoms with Crippen molar-refractivity contribution in [1.29, 1.82) is 0 Å². The summed E-state index contributed by atoms with van der Waals surface area (Å²) in [7, 11) is 2.68. The number of rotatable bonds is 14. The lowest BCUT2D eigenvalue weighted by Crippen LogP contribution is -2.45. The molecule has 0 aliphatic rings. The van der Waals surface area contributed by atoms with Gasteiger partial charge in [-0.05, 0) is 24.6 Å². The van der Waals surface area contributed by atoms with Crippen LogP contribution in [0.1, 0.15) is 57.7 Å². The molecule has 0 aliphatic carbocycles. The molecule has 0 saturated heterocycles. The smallest absolute Gasteiger partial charge is 0.308 e. The highest BCUT2D eigenvalue weighted by atomic mass is 127. The lowest BCUT2D eigenvalue weighted by Gasteiger charge is -2.39. The Labute approximate surface area is 213 Å². The van der Waals surface area contributed by atoms with E-state index in [1.54, 1.807) is 20.5 Å². The van der Waals surface area contributed by atoms with E-state index >= 15 is 0 Å². The first-order valence-electron chi connectivity index (χ1n) is 11.1. The van der Waals surface area contributed by atoms with E-state index in [0.717, 1.165) is 10.1 Å². The Morgan fingerprint density at radius 1 is 1.21 bits per heavy atom. The van der Waals surface area contributed by atoms with E-state index in [1.807, 2.05) is 24.3 Å². The van der Waals surface area contributed by atoms with E-state index in [4.69, 9.17) is 23.1 Å². The zero-order valence-corrected chi connectivity index (χ0v) is 24.4. The van der Waals surface area contributed by atoms with Gasteiger partial charge in [0.15, 0.2) is 8.32 Å². The minimum atomic E-state index is -2.05. The van der Waals surface area contributed by atoms with Crippen molar-refractivity contribution in [2.75, 3.05) is 21.3 Å². The molecule has 0 amide bonds. The number of hydrogen-bond donors (Lipinski definition) is 0. The third-order valence-corrected chi connectivity index (χ3v) is 11.1. The molecule has 0 spiro atoms. The van der Waals surface area contributed by atoms with Gasteiger partial charge in [-0.1, -0.05) is 67.7 Å². The number of oxazole rings is 1. The van der Waals surface area contributed by atoms with Gasteiger partial charge in [0, 0.05) is 20.6 Å². The van der Waals surface area contributed by atoms with Crippen LogP contribution in [0.2, 0.25) is 18.1 Å². The molecule has 1 aromatic heterocycles. The number of methoxy groups -OCH3 is 3. The van der Waals surface area contributed by atoms with Crippen LogP contribution in [-0.4, -0.2) is 52.8 Å². The molecule has 0 saturated carbocycles. The maximum atomic E-state index is 12.0. The Kier molecular flexibility index (Phi) is 13.1. The van der Waals surface area contributed by atoms with Crippen molar-refractivity contribution in [2.45, 2.75) is 80.9 Å². The van der Waals surface area contributed by atoms with Gasteiger partial charge in [-0.15, -0.1) is 0 Å². The second kappa shape index (κ2) is 14.4. The molecule has 1 aromatic rings. The fourth-order valence-electron chi connectivity index (χ4n) is 2.89. The average Bonchev–Trinajstić information content (AvgIpc) is 3.23. The van der Waals surface area contributed by atoms with Gasteiger partial charge >= 0.3 is 5.97 Å². The van der Waals surface area contributed by atoms with Crippen molar-refractivity contribution in [3.8, 4) is 0 Å². The zero-order valence-electron chi connectivity index (χ0n) is 21.2. The first kappa shape index (κ1) is 30.0. The van der Waals surface area contributed by atoms with Crippen LogP contribution in [-0.2, 0) is 27.9 Å². The van der Waals surface area contributed by atoms with Crippen molar-refractivity contribution in [3.63, 3.8) is 0 Å². The number of ether oxygens (including phenoxy) is 3. The normalized spacial score (nSPS) is 15.8. The van der Waals surface area contributed by atoms with Crippen LogP contribution in [0.5, 0.6) is 0 Å². The molecule has 3 atom stereocenters. The van der Waals surface area contributed by atoms with Gasteiger partial charge in [-0.3, -0.25) is 4.79 Å². The van der Waals surface area contributed by atoms with E-state index < -0.39 is 8.32 Å². The van der Waals surface area contributed by atoms with Crippen LogP contribution in [0.4, 0.5) is 0 Å². The lowest BCUT2D eigenvalue weighted by molar-refractivity contribution is -0.142. The Balaban J connectivity index is 2.76. The zero-order chi connectivity index (χ0) is 25.1. The molecule has 0 fully saturated rings. The molecule has 0 aromatic carbocycles. The predicted molar refractivity (Wildman–Crippen MR) is 141 cm³/mol. The first-order chi connectivity index (χ1) is 15.5. The third-order valence-electron chi connectivity index (χ3n) is 5.91. The summed E-state index contributed by atoms with van der Waals surface area (Å²) in [5.41, 5.74) is 0.793. The van der Waals surface area contributed by atoms with E-state index in [-0.39, 0.29) is 35.7 Å². The quantitative estimate of drug-likeness (QED) is 0.0841. The van der Waals surface area contributed by atoms with E-state index in [1.165, 1.54) is 7.11 Å². The molecule has 0 bridgehead atoms. The second-order valence-electron chi connectivity index (χ2n) is 9.36. The minimum Gasteiger partial charge on any atom is -0.469 e. The summed E-state index contributed by atoms with van der Waals surface area (Å²) in [5.74, 6) is 0.419. The molecule has 1 heterocycles. The summed E-state index contributed by atoms with van der Waals surface area (Å²) >= 11 is 2.21. The Hall–Kier alpha value is -1.01. The van der Waals surface area contributed by atoms with Crippen LogP contribution in [0.3, 0.4) is 0 Å². The number of halogens is 1. The SMILES string of the molecule is COC(=O)C[C@H](C[C@H](/C=C/C=C/C[C@H](OC)c1coc(CI)n1)OC)O[Si](C)(C)C(C)(C)C. The molecule has 0 radical (unpaired) electrons. The highest BCUT2D eigenvalue weighted by molar-refractivity contribution is 14.1. The standard InChI is InChI=1S/C24H40INO6Si/c1-24(2,3)33(7,8)32-19(15-23(27)30-6)14-18(28-4)12-10-9-11-13-21(29-5)20-17-31-22(16-25)26-20/h9-12,17-19,21H,13-16H2,1-8H3/b11-9+,12-10+/t18-,19-,21-/m0/s1. The monoisotopic (exact) mass is 593 g/mol. The summed E-state index contributed by atoms with van der Waals surface area (Å²) in [4.78, 5) is 16.4. The number of carbonyl (C=O) groups is 1. The van der Waals surface area contributed by atoms with Crippen LogP contribution < -0.4 is 0 Å². The van der Waals surface area contributed by atoms with Gasteiger partial charge < -0.3 is 23.1 Å². The second-order valence-corrected chi connectivity index (χ2v) is 14.9. The summed E-state index contributed by atoms with van der Waals surface area (Å²) < 4.78 is 28.7. The van der Waals surface area contributed by atoms with Gasteiger partial charge in [0.1, 0.15) is 18.1 Å². The van der Waals surface area contributed by atoms with E-state index in [9.17, 15) is 4.79 Å². The lowest BCUT2D eigenvalue weighted by atomic mass is 10.1. The van der Waals surface area contributed by atoms with Crippen molar-refractivity contribution in [3.05, 3.63) is 42.2 Å². The highest BCUT2D eigenvalue weighted by Crippen LogP contribution is 2.38. The van der Waals surface area contributed by atoms with Crippen molar-refractivity contribution < 1.29 is 27.8 Å². The molecule has 0 aliphatic heterocycles. The summed E-state index contributed by atoms with van der Waals surface area (Å²) in [5, 5.41) is 0.0434. The number of carbonyl (C=O) groups excluding carboxylic acids is 1. The minimum absolute atomic E-state index is 0.0434. The number of aromatic nitrogens is 1. The molecule has 188 valence electrons. The summed E-state index contributed by atoms with van der Waals surface area (Å²) in [6.07, 6.45) is 10.4. The molecule has 9 heteroatoms. The third kappa shape index (κ3) is 10.4. The van der Waals surface area contributed by atoms with Crippen LogP contribution in [0.25, 0.3) is 0 Å². The van der Waals surface area contributed by atoms with Gasteiger partial charge in [-0.2, -0.15) is 0 Å². The van der Waals surface area contributed by atoms with Gasteiger partial charge in [-0.25, -0.2) is 4.98 Å². The fraction of sp³-hybridized carbons (Fsp3) is 0.667. The van der Waals surface area contributed by atoms with E-state index in [2.05, 4.69) is 61.4 Å².